The third-order valence-electron chi connectivity index (χ3n) is 5.09. The topological polar surface area (TPSA) is 12.5 Å². The largest absolute Gasteiger partial charge is 2.00 e. The smallest absolute Gasteiger partial charge is 0.383 e. The summed E-state index contributed by atoms with van der Waals surface area (Å²) in [7, 11) is 1.82. The van der Waals surface area contributed by atoms with Gasteiger partial charge in [0.1, 0.15) is 0 Å². The molecule has 2 aliphatic carbocycles. The van der Waals surface area contributed by atoms with Crippen molar-refractivity contribution in [2.45, 2.75) is 38.3 Å². The summed E-state index contributed by atoms with van der Waals surface area (Å²) in [6.45, 7) is 4.40. The molecule has 3 rings (SSSR count). The van der Waals surface area contributed by atoms with E-state index in [1.807, 2.05) is 7.11 Å². The molecular formula is C20H27FeNO+2. The van der Waals surface area contributed by atoms with E-state index < -0.39 is 0 Å². The Hall–Kier alpha value is 0.439. The molecule has 0 aromatic rings. The molecule has 1 saturated heterocycles. The van der Waals surface area contributed by atoms with Crippen LogP contribution in [0.2, 0.25) is 0 Å². The van der Waals surface area contributed by atoms with Gasteiger partial charge >= 0.3 is 17.1 Å². The Morgan fingerprint density at radius 2 is 1.70 bits per heavy atom. The van der Waals surface area contributed by atoms with Crippen LogP contribution in [0.4, 0.5) is 0 Å². The first-order valence-electron chi connectivity index (χ1n) is 8.47. The van der Waals surface area contributed by atoms with Crippen molar-refractivity contribution in [1.82, 2.24) is 4.90 Å². The molecular weight excluding hydrogens is 326 g/mol. The van der Waals surface area contributed by atoms with Crippen molar-refractivity contribution in [3.63, 3.8) is 0 Å². The molecule has 0 unspecified atom stereocenters. The number of hydrogen-bond acceptors (Lipinski definition) is 2. The second-order valence-corrected chi connectivity index (χ2v) is 6.58. The summed E-state index contributed by atoms with van der Waals surface area (Å²) in [5, 5.41) is 0. The zero-order valence-corrected chi connectivity index (χ0v) is 15.2. The van der Waals surface area contributed by atoms with Gasteiger partial charge in [0.25, 0.3) is 0 Å². The van der Waals surface area contributed by atoms with Crippen LogP contribution in [-0.2, 0) is 21.8 Å². The van der Waals surface area contributed by atoms with Crippen LogP contribution in [0.3, 0.4) is 0 Å². The average Bonchev–Trinajstić information content (AvgIpc) is 3.26. The molecule has 3 aliphatic rings. The second kappa shape index (κ2) is 9.80. The standard InChI is InChI=1S/C20H27NO.Fe/c1-16(17-8-3-4-9-17)14-20(18-10-5-6-11-18)21-13-7-12-19(21)15-22-2;/h3-6,8-11,16,19-20H,7,12-15H2,1-2H3;/q;+2/t16-,19+,20-;/m0./s1. The summed E-state index contributed by atoms with van der Waals surface area (Å²) in [4.78, 5) is 2.68. The fourth-order valence-corrected chi connectivity index (χ4v) is 3.90. The first-order chi connectivity index (χ1) is 10.8. The third kappa shape index (κ3) is 4.97. The first kappa shape index (κ1) is 19.8. The molecule has 10 radical (unpaired) electrons. The Morgan fingerprint density at radius 3 is 2.30 bits per heavy atom. The Morgan fingerprint density at radius 1 is 1.09 bits per heavy atom. The number of likely N-dealkylation sites (tertiary alicyclic amines) is 1. The predicted molar refractivity (Wildman–Crippen MR) is 90.1 cm³/mol. The van der Waals surface area contributed by atoms with Crippen molar-refractivity contribution >= 4 is 0 Å². The van der Waals surface area contributed by atoms with Crippen LogP contribution in [0.5, 0.6) is 0 Å². The van der Waals surface area contributed by atoms with Crippen LogP contribution >= 0.6 is 0 Å². The molecule has 0 amide bonds. The van der Waals surface area contributed by atoms with Crippen LogP contribution in [0.15, 0.2) is 0 Å². The van der Waals surface area contributed by atoms with Gasteiger partial charge in [0.2, 0.25) is 0 Å². The zero-order valence-electron chi connectivity index (χ0n) is 14.1. The summed E-state index contributed by atoms with van der Waals surface area (Å²) in [6.07, 6.45) is 21.4. The van der Waals surface area contributed by atoms with E-state index in [-0.39, 0.29) is 17.1 Å². The van der Waals surface area contributed by atoms with Crippen molar-refractivity contribution in [2.75, 3.05) is 20.3 Å². The summed E-state index contributed by atoms with van der Waals surface area (Å²) >= 11 is 0. The minimum Gasteiger partial charge on any atom is -0.383 e. The SMILES string of the molecule is COC[C@H]1CCCN1[C@@H](C[C@H](C)[C]1[CH][CH][CH][CH]1)[C]1[CH][CH][CH][CH]1.[Fe+2]. The molecule has 3 atom stereocenters. The molecule has 1 heterocycles. The quantitative estimate of drug-likeness (QED) is 0.651. The zero-order chi connectivity index (χ0) is 15.4. The maximum atomic E-state index is 5.46. The van der Waals surface area contributed by atoms with Gasteiger partial charge in [-0.2, -0.15) is 0 Å². The molecule has 1 aliphatic heterocycles. The Balaban J connectivity index is 0.00000192. The van der Waals surface area contributed by atoms with E-state index >= 15 is 0 Å². The second-order valence-electron chi connectivity index (χ2n) is 6.58. The van der Waals surface area contributed by atoms with Gasteiger partial charge in [-0.3, -0.25) is 4.90 Å². The van der Waals surface area contributed by atoms with Crippen molar-refractivity contribution in [1.29, 1.82) is 0 Å². The van der Waals surface area contributed by atoms with Crippen LogP contribution in [-0.4, -0.2) is 37.2 Å². The first-order valence-corrected chi connectivity index (χ1v) is 8.47. The van der Waals surface area contributed by atoms with Crippen LogP contribution in [0.1, 0.15) is 26.2 Å². The van der Waals surface area contributed by atoms with E-state index in [1.54, 1.807) is 0 Å². The monoisotopic (exact) mass is 353 g/mol. The number of rotatable bonds is 7. The van der Waals surface area contributed by atoms with E-state index in [4.69, 9.17) is 4.74 Å². The van der Waals surface area contributed by atoms with E-state index in [0.29, 0.717) is 18.0 Å². The molecule has 0 bridgehead atoms. The normalized spacial score (nSPS) is 29.7. The van der Waals surface area contributed by atoms with Crippen molar-refractivity contribution < 1.29 is 21.8 Å². The van der Waals surface area contributed by atoms with Gasteiger partial charge in [-0.15, -0.1) is 0 Å². The van der Waals surface area contributed by atoms with Crippen molar-refractivity contribution in [2.24, 2.45) is 5.92 Å². The van der Waals surface area contributed by atoms with Gasteiger partial charge in [-0.05, 0) is 89.0 Å². The number of nitrogens with zero attached hydrogens (tertiary/aromatic N) is 1. The molecule has 0 N–H and O–H groups in total. The summed E-state index contributed by atoms with van der Waals surface area (Å²) in [5.74, 6) is 3.50. The minimum atomic E-state index is 0. The van der Waals surface area contributed by atoms with Gasteiger partial charge in [-0.25, -0.2) is 0 Å². The van der Waals surface area contributed by atoms with E-state index in [1.165, 1.54) is 37.6 Å². The van der Waals surface area contributed by atoms with E-state index in [2.05, 4.69) is 63.2 Å². The maximum Gasteiger partial charge on any atom is 2.00 e. The fourth-order valence-electron chi connectivity index (χ4n) is 3.90. The maximum absolute atomic E-state index is 5.46. The Labute approximate surface area is 154 Å². The van der Waals surface area contributed by atoms with Gasteiger partial charge in [0, 0.05) is 25.1 Å². The molecule has 2 saturated carbocycles. The van der Waals surface area contributed by atoms with Gasteiger partial charge in [-0.1, -0.05) is 6.92 Å². The number of ether oxygens (including phenoxy) is 1. The van der Waals surface area contributed by atoms with Gasteiger partial charge < -0.3 is 4.74 Å². The summed E-state index contributed by atoms with van der Waals surface area (Å²) in [6, 6.07) is 1.07. The molecule has 3 fully saturated rings. The average molecular weight is 353 g/mol. The van der Waals surface area contributed by atoms with Crippen molar-refractivity contribution in [3.8, 4) is 0 Å². The molecule has 0 aromatic heterocycles. The van der Waals surface area contributed by atoms with E-state index in [0.717, 1.165) is 6.61 Å². The molecule has 3 heteroatoms. The molecule has 0 spiro atoms. The number of hydrogen-bond donors (Lipinski definition) is 0. The van der Waals surface area contributed by atoms with Crippen LogP contribution in [0.25, 0.3) is 0 Å². The molecule has 23 heavy (non-hydrogen) atoms. The molecule has 0 aromatic carbocycles. The van der Waals surface area contributed by atoms with Gasteiger partial charge in [0.15, 0.2) is 0 Å². The van der Waals surface area contributed by atoms with Crippen molar-refractivity contribution in [3.05, 3.63) is 63.2 Å². The predicted octanol–water partition coefficient (Wildman–Crippen LogP) is 3.30. The molecule has 124 valence electrons. The van der Waals surface area contributed by atoms with E-state index in [9.17, 15) is 0 Å². The third-order valence-corrected chi connectivity index (χ3v) is 5.09. The Bertz CT molecular complexity index is 326. The summed E-state index contributed by atoms with van der Waals surface area (Å²) in [5.41, 5.74) is 0. The molecule has 2 nitrogen and oxygen atoms in total. The fraction of sp³-hybridized carbons (Fsp3) is 0.500. The van der Waals surface area contributed by atoms with Crippen LogP contribution in [0, 0.1) is 69.1 Å². The Kier molecular flexibility index (Phi) is 8.42. The van der Waals surface area contributed by atoms with Crippen LogP contribution < -0.4 is 0 Å². The minimum absolute atomic E-state index is 0. The van der Waals surface area contributed by atoms with Gasteiger partial charge in [0.05, 0.1) is 6.61 Å². The number of methoxy groups -OCH3 is 1. The summed E-state index contributed by atoms with van der Waals surface area (Å²) < 4.78 is 5.46.